The maximum atomic E-state index is 9.81. The van der Waals surface area contributed by atoms with E-state index in [0.717, 1.165) is 18.4 Å². The summed E-state index contributed by atoms with van der Waals surface area (Å²) in [6, 6.07) is 9.81. The molecule has 0 saturated heterocycles. The highest BCUT2D eigenvalue weighted by Crippen LogP contribution is 2.23. The van der Waals surface area contributed by atoms with Gasteiger partial charge in [0, 0.05) is 6.61 Å². The summed E-state index contributed by atoms with van der Waals surface area (Å²) in [5, 5.41) is 13.8. The van der Waals surface area contributed by atoms with Crippen LogP contribution in [0, 0.1) is 0 Å². The van der Waals surface area contributed by atoms with Crippen molar-refractivity contribution in [2.24, 2.45) is 0 Å². The second kappa shape index (κ2) is 7.90. The van der Waals surface area contributed by atoms with Crippen molar-refractivity contribution in [2.45, 2.75) is 45.3 Å². The highest BCUT2D eigenvalue weighted by atomic mass is 16.5. The molecule has 0 aliphatic carbocycles. The van der Waals surface area contributed by atoms with Gasteiger partial charge in [0.1, 0.15) is 6.10 Å². The number of aliphatic hydroxyl groups is 1. The zero-order valence-electron chi connectivity index (χ0n) is 12.5. The number of aliphatic hydroxyl groups excluding tert-OH is 1. The van der Waals surface area contributed by atoms with E-state index in [9.17, 15) is 5.11 Å². The van der Waals surface area contributed by atoms with Crippen molar-refractivity contribution in [1.29, 1.82) is 0 Å². The first-order valence-electron chi connectivity index (χ1n) is 7.41. The minimum Gasteiger partial charge on any atom is -0.393 e. The van der Waals surface area contributed by atoms with Gasteiger partial charge in [-0.3, -0.25) is 0 Å². The highest BCUT2D eigenvalue weighted by molar-refractivity contribution is 5.22. The number of benzene rings is 1. The first kappa shape index (κ1) is 15.7. The van der Waals surface area contributed by atoms with Crippen LogP contribution < -0.4 is 0 Å². The van der Waals surface area contributed by atoms with Crippen molar-refractivity contribution in [3.63, 3.8) is 0 Å². The van der Waals surface area contributed by atoms with Gasteiger partial charge >= 0.3 is 0 Å². The summed E-state index contributed by atoms with van der Waals surface area (Å²) in [7, 11) is 0. The van der Waals surface area contributed by atoms with E-state index < -0.39 is 6.10 Å². The molecule has 2 aromatic rings. The van der Waals surface area contributed by atoms with Crippen LogP contribution in [0.15, 0.2) is 34.9 Å². The number of aromatic nitrogens is 2. The molecule has 114 valence electrons. The molecule has 0 bridgehead atoms. The zero-order chi connectivity index (χ0) is 15.1. The average Bonchev–Trinajstić information content (AvgIpc) is 2.94. The standard InChI is InChI=1S/C16H22N2O3/c1-3-8-13(19)11-14-17-16(18-21-14)15(20-4-2)12-9-6-5-7-10-12/h5-7,9-10,13,15,19H,3-4,8,11H2,1-2H3. The lowest BCUT2D eigenvalue weighted by Gasteiger charge is -2.13. The molecule has 0 aliphatic heterocycles. The third-order valence-corrected chi connectivity index (χ3v) is 3.19. The first-order valence-corrected chi connectivity index (χ1v) is 7.41. The van der Waals surface area contributed by atoms with Crippen LogP contribution in [0.5, 0.6) is 0 Å². The molecule has 5 nitrogen and oxygen atoms in total. The molecule has 1 N–H and O–H groups in total. The van der Waals surface area contributed by atoms with Crippen LogP contribution in [0.2, 0.25) is 0 Å². The molecule has 0 radical (unpaired) electrons. The van der Waals surface area contributed by atoms with Crippen LogP contribution in [0.1, 0.15) is 50.1 Å². The van der Waals surface area contributed by atoms with Crippen LogP contribution in [-0.4, -0.2) is 28.0 Å². The van der Waals surface area contributed by atoms with E-state index in [2.05, 4.69) is 10.1 Å². The number of ether oxygens (including phenoxy) is 1. The smallest absolute Gasteiger partial charge is 0.229 e. The van der Waals surface area contributed by atoms with Crippen molar-refractivity contribution >= 4 is 0 Å². The van der Waals surface area contributed by atoms with Crippen LogP contribution in [0.25, 0.3) is 0 Å². The molecule has 2 atom stereocenters. The molecule has 0 spiro atoms. The normalized spacial score (nSPS) is 14.0. The fraction of sp³-hybridized carbons (Fsp3) is 0.500. The van der Waals surface area contributed by atoms with Gasteiger partial charge < -0.3 is 14.4 Å². The van der Waals surface area contributed by atoms with E-state index in [1.807, 2.05) is 44.2 Å². The molecule has 0 saturated carbocycles. The lowest BCUT2D eigenvalue weighted by Crippen LogP contribution is -2.11. The fourth-order valence-corrected chi connectivity index (χ4v) is 2.21. The maximum absolute atomic E-state index is 9.81. The molecule has 21 heavy (non-hydrogen) atoms. The molecule has 1 heterocycles. The number of hydrogen-bond acceptors (Lipinski definition) is 5. The van der Waals surface area contributed by atoms with E-state index in [1.165, 1.54) is 0 Å². The van der Waals surface area contributed by atoms with Crippen LogP contribution >= 0.6 is 0 Å². The molecule has 0 aliphatic rings. The lowest BCUT2D eigenvalue weighted by molar-refractivity contribution is 0.0833. The Morgan fingerprint density at radius 1 is 1.24 bits per heavy atom. The monoisotopic (exact) mass is 290 g/mol. The van der Waals surface area contributed by atoms with Gasteiger partial charge in [0.15, 0.2) is 0 Å². The second-order valence-electron chi connectivity index (χ2n) is 4.94. The predicted octanol–water partition coefficient (Wildman–Crippen LogP) is 2.90. The molecule has 2 unspecified atom stereocenters. The van der Waals surface area contributed by atoms with Gasteiger partial charge in [-0.25, -0.2) is 0 Å². The number of hydrogen-bond donors (Lipinski definition) is 1. The Morgan fingerprint density at radius 3 is 2.67 bits per heavy atom. The molecule has 2 rings (SSSR count). The van der Waals surface area contributed by atoms with E-state index in [1.54, 1.807) is 0 Å². The molecular weight excluding hydrogens is 268 g/mol. The molecule has 0 amide bonds. The van der Waals surface area contributed by atoms with Gasteiger partial charge in [-0.15, -0.1) is 0 Å². The third kappa shape index (κ3) is 4.37. The topological polar surface area (TPSA) is 68.4 Å². The lowest BCUT2D eigenvalue weighted by atomic mass is 10.1. The van der Waals surface area contributed by atoms with Gasteiger partial charge in [-0.2, -0.15) is 4.98 Å². The Morgan fingerprint density at radius 2 is 2.00 bits per heavy atom. The van der Waals surface area contributed by atoms with Crippen molar-refractivity contribution in [1.82, 2.24) is 10.1 Å². The van der Waals surface area contributed by atoms with Crippen LogP contribution in [0.3, 0.4) is 0 Å². The van der Waals surface area contributed by atoms with Crippen molar-refractivity contribution in [3.05, 3.63) is 47.6 Å². The molecule has 5 heteroatoms. The summed E-state index contributed by atoms with van der Waals surface area (Å²) < 4.78 is 11.0. The Hall–Kier alpha value is -1.72. The molecular formula is C16H22N2O3. The third-order valence-electron chi connectivity index (χ3n) is 3.19. The number of nitrogens with zero attached hydrogens (tertiary/aromatic N) is 2. The Balaban J connectivity index is 2.13. The summed E-state index contributed by atoms with van der Waals surface area (Å²) in [5.74, 6) is 0.952. The Bertz CT molecular complexity index is 527. The van der Waals surface area contributed by atoms with E-state index in [4.69, 9.17) is 9.26 Å². The van der Waals surface area contributed by atoms with Crippen molar-refractivity contribution in [3.8, 4) is 0 Å². The van der Waals surface area contributed by atoms with Crippen LogP contribution in [-0.2, 0) is 11.2 Å². The second-order valence-corrected chi connectivity index (χ2v) is 4.94. The number of rotatable bonds is 8. The SMILES string of the molecule is CCCC(O)Cc1nc(C(OCC)c2ccccc2)no1. The fourth-order valence-electron chi connectivity index (χ4n) is 2.21. The highest BCUT2D eigenvalue weighted by Gasteiger charge is 2.21. The quantitative estimate of drug-likeness (QED) is 0.809. The Kier molecular flexibility index (Phi) is 5.90. The molecule has 1 aromatic heterocycles. The summed E-state index contributed by atoms with van der Waals surface area (Å²) in [6.45, 7) is 4.52. The average molecular weight is 290 g/mol. The summed E-state index contributed by atoms with van der Waals surface area (Å²) >= 11 is 0. The predicted molar refractivity (Wildman–Crippen MR) is 78.8 cm³/mol. The van der Waals surface area contributed by atoms with Crippen molar-refractivity contribution < 1.29 is 14.4 Å². The minimum absolute atomic E-state index is 0.336. The van der Waals surface area contributed by atoms with Crippen LogP contribution in [0.4, 0.5) is 0 Å². The zero-order valence-corrected chi connectivity index (χ0v) is 12.5. The summed E-state index contributed by atoms with van der Waals surface area (Å²) in [6.07, 6.45) is 1.26. The van der Waals surface area contributed by atoms with Gasteiger partial charge in [0.05, 0.1) is 12.5 Å². The van der Waals surface area contributed by atoms with E-state index >= 15 is 0 Å². The van der Waals surface area contributed by atoms with E-state index in [-0.39, 0.29) is 6.10 Å². The molecule has 1 aromatic carbocycles. The minimum atomic E-state index is -0.439. The van der Waals surface area contributed by atoms with E-state index in [0.29, 0.717) is 24.7 Å². The summed E-state index contributed by atoms with van der Waals surface area (Å²) in [4.78, 5) is 4.37. The van der Waals surface area contributed by atoms with Gasteiger partial charge in [0.25, 0.3) is 0 Å². The van der Waals surface area contributed by atoms with Gasteiger partial charge in [-0.05, 0) is 18.9 Å². The van der Waals surface area contributed by atoms with Gasteiger partial charge in [0.2, 0.25) is 11.7 Å². The largest absolute Gasteiger partial charge is 0.393 e. The van der Waals surface area contributed by atoms with Crippen molar-refractivity contribution in [2.75, 3.05) is 6.61 Å². The maximum Gasteiger partial charge on any atom is 0.229 e. The first-order chi connectivity index (χ1) is 10.2. The Labute approximate surface area is 125 Å². The summed E-state index contributed by atoms with van der Waals surface area (Å²) in [5.41, 5.74) is 0.987. The van der Waals surface area contributed by atoms with Gasteiger partial charge in [-0.1, -0.05) is 48.8 Å². The molecule has 0 fully saturated rings.